The molecule has 4 heteroatoms. The van der Waals surface area contributed by atoms with Gasteiger partial charge in [0, 0.05) is 18.3 Å². The third kappa shape index (κ3) is 4.86. The summed E-state index contributed by atoms with van der Waals surface area (Å²) in [7, 11) is 1.43. The van der Waals surface area contributed by atoms with Crippen molar-refractivity contribution in [2.45, 2.75) is 26.0 Å². The van der Waals surface area contributed by atoms with E-state index in [4.69, 9.17) is 4.74 Å². The molecule has 0 bridgehead atoms. The summed E-state index contributed by atoms with van der Waals surface area (Å²) in [5.41, 5.74) is -0.438. The number of nitrogens with one attached hydrogen (secondary N) is 1. The molecular formula is C10H21NO2S. The average Bonchev–Trinajstić information content (AvgIpc) is 2.15. The van der Waals surface area contributed by atoms with Crippen molar-refractivity contribution in [3.8, 4) is 0 Å². The Kier molecular flexibility index (Phi) is 6.20. The van der Waals surface area contributed by atoms with Gasteiger partial charge in [-0.2, -0.15) is 11.8 Å². The fourth-order valence-electron chi connectivity index (χ4n) is 1.02. The van der Waals surface area contributed by atoms with E-state index >= 15 is 0 Å². The van der Waals surface area contributed by atoms with Crippen molar-refractivity contribution in [1.82, 2.24) is 5.32 Å². The Bertz CT molecular complexity index is 183. The van der Waals surface area contributed by atoms with E-state index in [0.717, 1.165) is 6.54 Å². The lowest BCUT2D eigenvalue weighted by molar-refractivity contribution is -0.150. The van der Waals surface area contributed by atoms with Crippen molar-refractivity contribution in [2.75, 3.05) is 26.5 Å². The number of carbonyl (C=O) groups excluding carboxylic acids is 1. The fraction of sp³-hybridized carbons (Fsp3) is 0.900. The minimum absolute atomic E-state index is 0.165. The number of carbonyl (C=O) groups is 1. The Morgan fingerprint density at radius 2 is 2.14 bits per heavy atom. The molecule has 0 saturated carbocycles. The highest BCUT2D eigenvalue weighted by atomic mass is 32.2. The van der Waals surface area contributed by atoms with E-state index < -0.39 is 5.41 Å². The van der Waals surface area contributed by atoms with Crippen molar-refractivity contribution in [2.24, 2.45) is 5.41 Å². The Hall–Kier alpha value is -0.220. The van der Waals surface area contributed by atoms with Gasteiger partial charge in [0.25, 0.3) is 0 Å². The minimum atomic E-state index is -0.438. The van der Waals surface area contributed by atoms with Crippen LogP contribution < -0.4 is 5.32 Å². The first kappa shape index (κ1) is 13.8. The first-order valence-electron chi connectivity index (χ1n) is 4.76. The molecule has 0 aromatic heterocycles. The summed E-state index contributed by atoms with van der Waals surface area (Å²) < 4.78 is 4.71. The summed E-state index contributed by atoms with van der Waals surface area (Å²) in [6.07, 6.45) is 2.08. The summed E-state index contributed by atoms with van der Waals surface area (Å²) in [6, 6.07) is 0. The Morgan fingerprint density at radius 1 is 1.57 bits per heavy atom. The SMILES string of the molecule is COC(=O)C(C)(C)CNCC(C)SC. The second kappa shape index (κ2) is 6.30. The summed E-state index contributed by atoms with van der Waals surface area (Å²) in [6.45, 7) is 7.50. The van der Waals surface area contributed by atoms with Gasteiger partial charge < -0.3 is 10.1 Å². The number of ether oxygens (including phenoxy) is 1. The summed E-state index contributed by atoms with van der Waals surface area (Å²) in [5, 5.41) is 3.84. The molecule has 0 rings (SSSR count). The van der Waals surface area contributed by atoms with Crippen LogP contribution in [0.25, 0.3) is 0 Å². The number of hydrogen-bond acceptors (Lipinski definition) is 4. The van der Waals surface area contributed by atoms with Crippen LogP contribution in [0.2, 0.25) is 0 Å². The summed E-state index contributed by atoms with van der Waals surface area (Å²) in [4.78, 5) is 11.3. The molecule has 0 radical (unpaired) electrons. The number of esters is 1. The lowest BCUT2D eigenvalue weighted by Crippen LogP contribution is -2.38. The molecule has 84 valence electrons. The largest absolute Gasteiger partial charge is 0.469 e. The second-order valence-electron chi connectivity index (χ2n) is 4.05. The number of methoxy groups -OCH3 is 1. The smallest absolute Gasteiger partial charge is 0.312 e. The van der Waals surface area contributed by atoms with Gasteiger partial charge in [-0.3, -0.25) is 4.79 Å². The molecule has 14 heavy (non-hydrogen) atoms. The van der Waals surface area contributed by atoms with E-state index in [1.807, 2.05) is 25.6 Å². The van der Waals surface area contributed by atoms with Crippen LogP contribution in [0.3, 0.4) is 0 Å². The van der Waals surface area contributed by atoms with Gasteiger partial charge in [-0.1, -0.05) is 6.92 Å². The van der Waals surface area contributed by atoms with Crippen LogP contribution in [0.15, 0.2) is 0 Å². The zero-order valence-electron chi connectivity index (χ0n) is 9.72. The fourth-order valence-corrected chi connectivity index (χ4v) is 1.30. The maximum Gasteiger partial charge on any atom is 0.312 e. The molecule has 3 nitrogen and oxygen atoms in total. The lowest BCUT2D eigenvalue weighted by Gasteiger charge is -2.22. The lowest BCUT2D eigenvalue weighted by atomic mass is 9.94. The third-order valence-corrected chi connectivity index (χ3v) is 3.11. The van der Waals surface area contributed by atoms with Crippen molar-refractivity contribution < 1.29 is 9.53 Å². The molecule has 0 aliphatic carbocycles. The highest BCUT2D eigenvalue weighted by molar-refractivity contribution is 7.99. The van der Waals surface area contributed by atoms with Gasteiger partial charge in [-0.25, -0.2) is 0 Å². The van der Waals surface area contributed by atoms with E-state index in [-0.39, 0.29) is 5.97 Å². The van der Waals surface area contributed by atoms with Gasteiger partial charge in [-0.15, -0.1) is 0 Å². The molecule has 0 saturated heterocycles. The molecule has 0 aromatic rings. The molecule has 0 aromatic carbocycles. The molecule has 0 heterocycles. The Labute approximate surface area is 91.0 Å². The van der Waals surface area contributed by atoms with Gasteiger partial charge in [0.1, 0.15) is 0 Å². The maximum atomic E-state index is 11.3. The van der Waals surface area contributed by atoms with Crippen LogP contribution in [0.1, 0.15) is 20.8 Å². The predicted octanol–water partition coefficient (Wildman–Crippen LogP) is 1.53. The summed E-state index contributed by atoms with van der Waals surface area (Å²) >= 11 is 1.81. The van der Waals surface area contributed by atoms with Crippen LogP contribution in [0.4, 0.5) is 0 Å². The van der Waals surface area contributed by atoms with Crippen LogP contribution in [0.5, 0.6) is 0 Å². The molecule has 0 spiro atoms. The predicted molar refractivity (Wildman–Crippen MR) is 61.6 cm³/mol. The van der Waals surface area contributed by atoms with Gasteiger partial charge in [0.2, 0.25) is 0 Å². The van der Waals surface area contributed by atoms with Crippen LogP contribution in [0, 0.1) is 5.41 Å². The number of hydrogen-bond donors (Lipinski definition) is 1. The molecule has 0 amide bonds. The zero-order valence-corrected chi connectivity index (χ0v) is 10.5. The highest BCUT2D eigenvalue weighted by Gasteiger charge is 2.28. The highest BCUT2D eigenvalue weighted by Crippen LogP contribution is 2.15. The Balaban J connectivity index is 3.82. The number of thioether (sulfide) groups is 1. The maximum absolute atomic E-state index is 11.3. The molecule has 0 fully saturated rings. The second-order valence-corrected chi connectivity index (χ2v) is 5.33. The van der Waals surface area contributed by atoms with Crippen LogP contribution >= 0.6 is 11.8 Å². The topological polar surface area (TPSA) is 38.3 Å². The van der Waals surface area contributed by atoms with Gasteiger partial charge in [-0.05, 0) is 20.1 Å². The number of rotatable bonds is 6. The summed E-state index contributed by atoms with van der Waals surface area (Å²) in [5.74, 6) is -0.165. The van der Waals surface area contributed by atoms with Crippen LogP contribution in [-0.4, -0.2) is 37.7 Å². The van der Waals surface area contributed by atoms with E-state index in [2.05, 4.69) is 18.5 Å². The molecule has 1 atom stereocenters. The normalized spacial score (nSPS) is 13.8. The first-order valence-corrected chi connectivity index (χ1v) is 6.04. The van der Waals surface area contributed by atoms with Crippen molar-refractivity contribution in [1.29, 1.82) is 0 Å². The monoisotopic (exact) mass is 219 g/mol. The third-order valence-electron chi connectivity index (χ3n) is 2.14. The van der Waals surface area contributed by atoms with Crippen molar-refractivity contribution >= 4 is 17.7 Å². The van der Waals surface area contributed by atoms with E-state index in [9.17, 15) is 4.79 Å². The quantitative estimate of drug-likeness (QED) is 0.688. The van der Waals surface area contributed by atoms with E-state index in [1.54, 1.807) is 0 Å². The standard InChI is InChI=1S/C10H21NO2S/c1-8(14-5)6-11-7-10(2,3)9(12)13-4/h8,11H,6-7H2,1-5H3. The average molecular weight is 219 g/mol. The molecule has 1 unspecified atom stereocenters. The van der Waals surface area contributed by atoms with Gasteiger partial charge in [0.15, 0.2) is 0 Å². The Morgan fingerprint density at radius 3 is 2.57 bits per heavy atom. The molecular weight excluding hydrogens is 198 g/mol. The zero-order chi connectivity index (χ0) is 11.2. The molecule has 1 N–H and O–H groups in total. The van der Waals surface area contributed by atoms with Gasteiger partial charge in [0.05, 0.1) is 12.5 Å². The molecule has 0 aliphatic heterocycles. The van der Waals surface area contributed by atoms with Gasteiger partial charge >= 0.3 is 5.97 Å². The minimum Gasteiger partial charge on any atom is -0.469 e. The van der Waals surface area contributed by atoms with Crippen LogP contribution in [-0.2, 0) is 9.53 Å². The molecule has 0 aliphatic rings. The van der Waals surface area contributed by atoms with Crippen molar-refractivity contribution in [3.05, 3.63) is 0 Å². The first-order chi connectivity index (χ1) is 6.44. The van der Waals surface area contributed by atoms with E-state index in [1.165, 1.54) is 7.11 Å². The van der Waals surface area contributed by atoms with E-state index in [0.29, 0.717) is 11.8 Å². The van der Waals surface area contributed by atoms with Crippen molar-refractivity contribution in [3.63, 3.8) is 0 Å².